The average Bonchev–Trinajstić information content (AvgIpc) is 2.88. The highest BCUT2D eigenvalue weighted by Gasteiger charge is 2.18. The minimum Gasteiger partial charge on any atom is -0.388 e. The lowest BCUT2D eigenvalue weighted by molar-refractivity contribution is -0.123. The number of carbonyl (C=O) groups is 3. The maximum absolute atomic E-state index is 12.2. The van der Waals surface area contributed by atoms with Crippen LogP contribution in [-0.4, -0.2) is 41.9 Å². The number of benzene rings is 2. The molecule has 1 atom stereocenters. The Labute approximate surface area is 206 Å². The fourth-order valence-electron chi connectivity index (χ4n) is 3.11. The molecule has 7 nitrogen and oxygen atoms in total. The van der Waals surface area contributed by atoms with Crippen LogP contribution < -0.4 is 16.4 Å². The normalized spacial score (nSPS) is 10.7. The van der Waals surface area contributed by atoms with E-state index < -0.39 is 24.3 Å². The summed E-state index contributed by atoms with van der Waals surface area (Å²) in [5, 5.41) is 14.3. The van der Waals surface area contributed by atoms with Crippen molar-refractivity contribution in [2.24, 2.45) is 5.73 Å². The molecule has 2 aromatic rings. The fourth-order valence-corrected chi connectivity index (χ4v) is 3.11. The van der Waals surface area contributed by atoms with Gasteiger partial charge in [-0.15, -0.1) is 0 Å². The standard InChI is InChI=1S/C28H31N3O4/c1-2-3-4-5-10-27(34)30-24-17-13-22(14-18-24)9-7-6-8-21-11-15-23(16-12-21)28(35)31-25(19-29)26(33)20-32/h11-18,25,32H,2-5,10,19-20,29H2,1H3,(H,30,34)(H,31,35)/t25-/m0/s1. The minimum absolute atomic E-state index is 0.0205. The van der Waals surface area contributed by atoms with Crippen LogP contribution in [0.3, 0.4) is 0 Å². The van der Waals surface area contributed by atoms with Crippen molar-refractivity contribution in [1.29, 1.82) is 0 Å². The third kappa shape index (κ3) is 9.85. The van der Waals surface area contributed by atoms with Gasteiger partial charge in [-0.05, 0) is 66.8 Å². The number of unbranched alkanes of at least 4 members (excludes halogenated alkanes) is 3. The second-order valence-electron chi connectivity index (χ2n) is 7.90. The molecule has 0 aliphatic heterocycles. The van der Waals surface area contributed by atoms with E-state index in [9.17, 15) is 14.4 Å². The lowest BCUT2D eigenvalue weighted by Gasteiger charge is -2.14. The third-order valence-corrected chi connectivity index (χ3v) is 5.13. The SMILES string of the molecule is CCCCCCC(=O)Nc1ccc(C#CC#Cc2ccc(C(=O)N[C@@H](CN)C(=O)CO)cc2)cc1. The molecular weight excluding hydrogens is 442 g/mol. The molecule has 0 aromatic heterocycles. The molecule has 182 valence electrons. The number of carbonyl (C=O) groups excluding carboxylic acids is 3. The average molecular weight is 474 g/mol. The van der Waals surface area contributed by atoms with Crippen LogP contribution in [0.1, 0.15) is 60.5 Å². The number of amides is 2. The van der Waals surface area contributed by atoms with Gasteiger partial charge in [-0.25, -0.2) is 0 Å². The van der Waals surface area contributed by atoms with Crippen molar-refractivity contribution in [3.8, 4) is 23.7 Å². The first kappa shape index (κ1) is 27.3. The maximum atomic E-state index is 12.2. The van der Waals surface area contributed by atoms with E-state index >= 15 is 0 Å². The summed E-state index contributed by atoms with van der Waals surface area (Å²) in [6, 6.07) is 12.9. The summed E-state index contributed by atoms with van der Waals surface area (Å²) in [5.41, 5.74) is 8.01. The lowest BCUT2D eigenvalue weighted by atomic mass is 10.1. The first-order valence-corrected chi connectivity index (χ1v) is 11.6. The summed E-state index contributed by atoms with van der Waals surface area (Å²) in [6.45, 7) is 1.36. The molecule has 0 aliphatic carbocycles. The number of anilines is 1. The van der Waals surface area contributed by atoms with Gasteiger partial charge >= 0.3 is 0 Å². The van der Waals surface area contributed by atoms with E-state index in [0.29, 0.717) is 17.5 Å². The Morgan fingerprint density at radius 3 is 2.06 bits per heavy atom. The summed E-state index contributed by atoms with van der Waals surface area (Å²) >= 11 is 0. The van der Waals surface area contributed by atoms with Crippen LogP contribution in [0, 0.1) is 23.7 Å². The maximum Gasteiger partial charge on any atom is 0.251 e. The Kier molecular flexibility index (Phi) is 11.8. The lowest BCUT2D eigenvalue weighted by Crippen LogP contribution is -2.46. The molecule has 0 unspecified atom stereocenters. The molecule has 0 bridgehead atoms. The van der Waals surface area contributed by atoms with Gasteiger partial charge in [0.1, 0.15) is 12.6 Å². The van der Waals surface area contributed by atoms with E-state index in [1.54, 1.807) is 24.3 Å². The molecule has 0 aliphatic rings. The number of nitrogens with one attached hydrogen (secondary N) is 2. The number of nitrogens with two attached hydrogens (primary N) is 1. The van der Waals surface area contributed by atoms with E-state index in [1.165, 1.54) is 0 Å². The van der Waals surface area contributed by atoms with E-state index in [1.807, 2.05) is 24.3 Å². The van der Waals surface area contributed by atoms with Gasteiger partial charge in [-0.2, -0.15) is 0 Å². The van der Waals surface area contributed by atoms with Gasteiger partial charge in [-0.1, -0.05) is 38.0 Å². The zero-order chi connectivity index (χ0) is 25.5. The van der Waals surface area contributed by atoms with Crippen LogP contribution in [0.5, 0.6) is 0 Å². The third-order valence-electron chi connectivity index (χ3n) is 5.13. The molecule has 5 N–H and O–H groups in total. The monoisotopic (exact) mass is 473 g/mol. The smallest absolute Gasteiger partial charge is 0.251 e. The highest BCUT2D eigenvalue weighted by molar-refractivity contribution is 5.98. The Morgan fingerprint density at radius 2 is 1.51 bits per heavy atom. The minimum atomic E-state index is -0.928. The van der Waals surface area contributed by atoms with Crippen molar-refractivity contribution in [2.45, 2.75) is 45.1 Å². The summed E-state index contributed by atoms with van der Waals surface area (Å²) in [4.78, 5) is 35.7. The van der Waals surface area contributed by atoms with Crippen LogP contribution in [0.25, 0.3) is 0 Å². The number of ketones is 1. The summed E-state index contributed by atoms with van der Waals surface area (Å²) in [6.07, 6.45) is 4.80. The van der Waals surface area contributed by atoms with Crippen LogP contribution >= 0.6 is 0 Å². The molecule has 0 heterocycles. The van der Waals surface area contributed by atoms with Crippen molar-refractivity contribution in [3.05, 3.63) is 65.2 Å². The fraction of sp³-hybridized carbons (Fsp3) is 0.321. The Hall–Kier alpha value is -3.91. The predicted molar refractivity (Wildman–Crippen MR) is 136 cm³/mol. The number of aliphatic hydroxyl groups excluding tert-OH is 1. The molecule has 0 radical (unpaired) electrons. The van der Waals surface area contributed by atoms with Gasteiger partial charge in [0.2, 0.25) is 5.91 Å². The highest BCUT2D eigenvalue weighted by Crippen LogP contribution is 2.11. The first-order chi connectivity index (χ1) is 17.0. The van der Waals surface area contributed by atoms with E-state index in [2.05, 4.69) is 41.2 Å². The number of hydrogen-bond donors (Lipinski definition) is 4. The Bertz CT molecular complexity index is 1120. The molecule has 2 amide bonds. The van der Waals surface area contributed by atoms with Crippen molar-refractivity contribution >= 4 is 23.3 Å². The van der Waals surface area contributed by atoms with Gasteiger partial charge in [0.15, 0.2) is 5.78 Å². The zero-order valence-corrected chi connectivity index (χ0v) is 19.9. The molecule has 0 saturated carbocycles. The Morgan fingerprint density at radius 1 is 0.914 bits per heavy atom. The number of aliphatic hydroxyl groups is 1. The molecule has 7 heteroatoms. The molecule has 0 saturated heterocycles. The van der Waals surface area contributed by atoms with E-state index in [-0.39, 0.29) is 12.5 Å². The molecule has 0 spiro atoms. The number of rotatable bonds is 11. The van der Waals surface area contributed by atoms with Crippen LogP contribution in [-0.2, 0) is 9.59 Å². The number of Topliss-reactive ketones (excluding diaryl/α,β-unsaturated/α-hetero) is 1. The highest BCUT2D eigenvalue weighted by atomic mass is 16.3. The second kappa shape index (κ2) is 15.1. The van der Waals surface area contributed by atoms with Gasteiger partial charge in [-0.3, -0.25) is 14.4 Å². The van der Waals surface area contributed by atoms with Gasteiger partial charge in [0.05, 0.1) is 0 Å². The molecule has 0 fully saturated rings. The van der Waals surface area contributed by atoms with Crippen molar-refractivity contribution in [3.63, 3.8) is 0 Å². The summed E-state index contributed by atoms with van der Waals surface area (Å²) in [5.74, 6) is 10.4. The van der Waals surface area contributed by atoms with E-state index in [0.717, 1.165) is 36.9 Å². The molecular formula is C28H31N3O4. The summed E-state index contributed by atoms with van der Waals surface area (Å²) < 4.78 is 0. The molecule has 2 aromatic carbocycles. The van der Waals surface area contributed by atoms with Gasteiger partial charge in [0, 0.05) is 35.3 Å². The van der Waals surface area contributed by atoms with Crippen molar-refractivity contribution in [2.75, 3.05) is 18.5 Å². The molecule has 35 heavy (non-hydrogen) atoms. The molecule has 2 rings (SSSR count). The topological polar surface area (TPSA) is 122 Å². The Balaban J connectivity index is 1.88. The van der Waals surface area contributed by atoms with Crippen LogP contribution in [0.15, 0.2) is 48.5 Å². The van der Waals surface area contributed by atoms with Gasteiger partial charge < -0.3 is 21.5 Å². The quantitative estimate of drug-likeness (QED) is 0.295. The largest absolute Gasteiger partial charge is 0.388 e. The van der Waals surface area contributed by atoms with Gasteiger partial charge in [0.25, 0.3) is 5.91 Å². The van der Waals surface area contributed by atoms with E-state index in [4.69, 9.17) is 10.8 Å². The van der Waals surface area contributed by atoms with Crippen LogP contribution in [0.2, 0.25) is 0 Å². The van der Waals surface area contributed by atoms with Crippen molar-refractivity contribution in [1.82, 2.24) is 5.32 Å². The number of hydrogen-bond acceptors (Lipinski definition) is 5. The first-order valence-electron chi connectivity index (χ1n) is 11.6. The zero-order valence-electron chi connectivity index (χ0n) is 19.9. The van der Waals surface area contributed by atoms with Crippen LogP contribution in [0.4, 0.5) is 5.69 Å². The predicted octanol–water partition coefficient (Wildman–Crippen LogP) is 2.62. The second-order valence-corrected chi connectivity index (χ2v) is 7.90. The summed E-state index contributed by atoms with van der Waals surface area (Å²) in [7, 11) is 0. The van der Waals surface area contributed by atoms with Crippen molar-refractivity contribution < 1.29 is 19.5 Å².